The number of rotatable bonds is 7. The van der Waals surface area contributed by atoms with Crippen LogP contribution in [0.4, 0.5) is 18.9 Å². The van der Waals surface area contributed by atoms with Crippen molar-refractivity contribution in [1.82, 2.24) is 0 Å². The monoisotopic (exact) mass is 339 g/mol. The molecule has 0 spiro atoms. The summed E-state index contributed by atoms with van der Waals surface area (Å²) in [7, 11) is 0. The summed E-state index contributed by atoms with van der Waals surface area (Å²) in [5.74, 6) is -3.07. The molecule has 2 N–H and O–H groups in total. The van der Waals surface area contributed by atoms with Gasteiger partial charge in [0.15, 0.2) is 17.4 Å². The van der Waals surface area contributed by atoms with Gasteiger partial charge >= 0.3 is 0 Å². The first kappa shape index (κ1) is 17.8. The minimum absolute atomic E-state index is 0.0204. The molecule has 7 heteroatoms. The summed E-state index contributed by atoms with van der Waals surface area (Å²) in [5.41, 5.74) is 0.167. The molecule has 0 amide bonds. The number of carbonyl (C=O) groups excluding carboxylic acids is 1. The number of ether oxygens (including phenoxy) is 1. The molecule has 0 aliphatic rings. The second-order valence-corrected chi connectivity index (χ2v) is 5.14. The highest BCUT2D eigenvalue weighted by atomic mass is 19.2. The molecule has 0 bridgehead atoms. The van der Waals surface area contributed by atoms with Crippen LogP contribution in [-0.2, 0) is 0 Å². The average Bonchev–Trinajstić information content (AvgIpc) is 2.53. The Morgan fingerprint density at radius 2 is 1.92 bits per heavy atom. The van der Waals surface area contributed by atoms with Crippen molar-refractivity contribution in [3.63, 3.8) is 0 Å². The third kappa shape index (κ3) is 4.48. The third-order valence-electron chi connectivity index (χ3n) is 3.23. The van der Waals surface area contributed by atoms with E-state index in [0.717, 1.165) is 12.1 Å². The van der Waals surface area contributed by atoms with Gasteiger partial charge in [-0.15, -0.1) is 0 Å². The highest BCUT2D eigenvalue weighted by molar-refractivity contribution is 5.99. The van der Waals surface area contributed by atoms with Gasteiger partial charge in [-0.3, -0.25) is 4.79 Å². The fraction of sp³-hybridized carbons (Fsp3) is 0.235. The van der Waals surface area contributed by atoms with Crippen LogP contribution in [0, 0.1) is 17.5 Å². The van der Waals surface area contributed by atoms with Crippen molar-refractivity contribution >= 4 is 11.5 Å². The SMILES string of the molecule is CC(=O)c1c(F)cccc1NCC(O)COc1ccc(F)c(F)c1. The van der Waals surface area contributed by atoms with Gasteiger partial charge in [0, 0.05) is 18.3 Å². The van der Waals surface area contributed by atoms with Crippen molar-refractivity contribution in [2.75, 3.05) is 18.5 Å². The van der Waals surface area contributed by atoms with Crippen LogP contribution in [0.25, 0.3) is 0 Å². The number of anilines is 1. The normalized spacial score (nSPS) is 11.9. The van der Waals surface area contributed by atoms with Crippen molar-refractivity contribution < 1.29 is 27.8 Å². The molecule has 2 aromatic carbocycles. The molecule has 24 heavy (non-hydrogen) atoms. The quantitative estimate of drug-likeness (QED) is 0.761. The smallest absolute Gasteiger partial charge is 0.164 e. The van der Waals surface area contributed by atoms with E-state index in [-0.39, 0.29) is 30.2 Å². The average molecular weight is 339 g/mol. The van der Waals surface area contributed by atoms with Crippen LogP contribution in [0.2, 0.25) is 0 Å². The van der Waals surface area contributed by atoms with Gasteiger partial charge in [-0.2, -0.15) is 0 Å². The number of hydrogen-bond donors (Lipinski definition) is 2. The Bertz CT molecular complexity index is 737. The lowest BCUT2D eigenvalue weighted by Crippen LogP contribution is -2.27. The van der Waals surface area contributed by atoms with E-state index in [1.54, 1.807) is 0 Å². The Kier molecular flexibility index (Phi) is 5.81. The van der Waals surface area contributed by atoms with E-state index in [4.69, 9.17) is 4.74 Å². The van der Waals surface area contributed by atoms with Crippen LogP contribution < -0.4 is 10.1 Å². The molecule has 4 nitrogen and oxygen atoms in total. The Balaban J connectivity index is 1.92. The fourth-order valence-corrected chi connectivity index (χ4v) is 2.08. The highest BCUT2D eigenvalue weighted by Gasteiger charge is 2.14. The van der Waals surface area contributed by atoms with E-state index in [2.05, 4.69) is 5.32 Å². The van der Waals surface area contributed by atoms with Gasteiger partial charge in [0.2, 0.25) is 0 Å². The molecule has 1 atom stereocenters. The Morgan fingerprint density at radius 1 is 1.17 bits per heavy atom. The summed E-state index contributed by atoms with van der Waals surface area (Å²) < 4.78 is 44.6. The van der Waals surface area contributed by atoms with Crippen LogP contribution >= 0.6 is 0 Å². The summed E-state index contributed by atoms with van der Waals surface area (Å²) in [6, 6.07) is 7.15. The van der Waals surface area contributed by atoms with Crippen LogP contribution in [0.15, 0.2) is 36.4 Å². The number of aliphatic hydroxyl groups is 1. The maximum Gasteiger partial charge on any atom is 0.164 e. The standard InChI is InChI=1S/C17H16F3NO3/c1-10(22)17-14(19)3-2-4-16(17)21-8-11(23)9-24-12-5-6-13(18)15(20)7-12/h2-7,11,21,23H,8-9H2,1H3. The molecule has 0 aliphatic heterocycles. The third-order valence-corrected chi connectivity index (χ3v) is 3.23. The van der Waals surface area contributed by atoms with Gasteiger partial charge in [-0.1, -0.05) is 6.07 Å². The predicted octanol–water partition coefficient (Wildman–Crippen LogP) is 3.16. The number of ketones is 1. The first-order chi connectivity index (χ1) is 11.4. The molecular weight excluding hydrogens is 323 g/mol. The number of Topliss-reactive ketones (excluding diaryl/α,β-unsaturated/α-hetero) is 1. The van der Waals surface area contributed by atoms with Crippen molar-refractivity contribution in [2.24, 2.45) is 0 Å². The zero-order valence-electron chi connectivity index (χ0n) is 12.9. The van der Waals surface area contributed by atoms with E-state index < -0.39 is 29.3 Å². The van der Waals surface area contributed by atoms with Gasteiger partial charge in [0.25, 0.3) is 0 Å². The zero-order valence-corrected chi connectivity index (χ0v) is 12.9. The lowest BCUT2D eigenvalue weighted by Gasteiger charge is -2.16. The summed E-state index contributed by atoms with van der Waals surface area (Å²) in [4.78, 5) is 11.5. The van der Waals surface area contributed by atoms with E-state index in [9.17, 15) is 23.1 Å². The fourth-order valence-electron chi connectivity index (χ4n) is 2.08. The van der Waals surface area contributed by atoms with Crippen molar-refractivity contribution in [2.45, 2.75) is 13.0 Å². The van der Waals surface area contributed by atoms with E-state index in [1.165, 1.54) is 31.2 Å². The lowest BCUT2D eigenvalue weighted by atomic mass is 10.1. The van der Waals surface area contributed by atoms with Crippen molar-refractivity contribution in [1.29, 1.82) is 0 Å². The number of nitrogens with one attached hydrogen (secondary N) is 1. The van der Waals surface area contributed by atoms with Crippen LogP contribution in [0.1, 0.15) is 17.3 Å². The Hall–Kier alpha value is -2.54. The predicted molar refractivity (Wildman–Crippen MR) is 82.8 cm³/mol. The van der Waals surface area contributed by atoms with Crippen LogP contribution in [-0.4, -0.2) is 30.1 Å². The molecule has 1 unspecified atom stereocenters. The number of benzene rings is 2. The van der Waals surface area contributed by atoms with Gasteiger partial charge < -0.3 is 15.2 Å². The summed E-state index contributed by atoms with van der Waals surface area (Å²) in [6.07, 6.45) is -1.01. The second kappa shape index (κ2) is 7.83. The van der Waals surface area contributed by atoms with Gasteiger partial charge in [-0.25, -0.2) is 13.2 Å². The molecule has 0 radical (unpaired) electrons. The maximum absolute atomic E-state index is 13.7. The number of halogens is 3. The molecule has 2 aromatic rings. The van der Waals surface area contributed by atoms with Gasteiger partial charge in [-0.05, 0) is 31.2 Å². The molecule has 0 aliphatic carbocycles. The molecule has 128 valence electrons. The van der Waals surface area contributed by atoms with E-state index in [0.29, 0.717) is 0 Å². The summed E-state index contributed by atoms with van der Waals surface area (Å²) >= 11 is 0. The maximum atomic E-state index is 13.7. The largest absolute Gasteiger partial charge is 0.491 e. The number of carbonyl (C=O) groups is 1. The minimum atomic E-state index is -1.05. The molecule has 0 saturated heterocycles. The van der Waals surface area contributed by atoms with E-state index in [1.807, 2.05) is 0 Å². The van der Waals surface area contributed by atoms with Crippen LogP contribution in [0.3, 0.4) is 0 Å². The molecule has 0 saturated carbocycles. The first-order valence-corrected chi connectivity index (χ1v) is 7.17. The molecule has 0 fully saturated rings. The molecule has 0 aromatic heterocycles. The van der Waals surface area contributed by atoms with Gasteiger partial charge in [0.1, 0.15) is 24.3 Å². The number of hydrogen-bond acceptors (Lipinski definition) is 4. The first-order valence-electron chi connectivity index (χ1n) is 7.17. The van der Waals surface area contributed by atoms with Crippen LogP contribution in [0.5, 0.6) is 5.75 Å². The zero-order chi connectivity index (χ0) is 17.7. The summed E-state index contributed by atoms with van der Waals surface area (Å²) in [5, 5.41) is 12.6. The van der Waals surface area contributed by atoms with E-state index >= 15 is 0 Å². The lowest BCUT2D eigenvalue weighted by molar-refractivity contribution is 0.101. The number of aliphatic hydroxyl groups excluding tert-OH is 1. The topological polar surface area (TPSA) is 58.6 Å². The molecule has 2 rings (SSSR count). The highest BCUT2D eigenvalue weighted by Crippen LogP contribution is 2.20. The Labute approximate surface area is 136 Å². The second-order valence-electron chi connectivity index (χ2n) is 5.14. The van der Waals surface area contributed by atoms with Gasteiger partial charge in [0.05, 0.1) is 5.56 Å². The molecular formula is C17H16F3NO3. The summed E-state index contributed by atoms with van der Waals surface area (Å²) in [6.45, 7) is 1.03. The molecule has 0 heterocycles. The minimum Gasteiger partial charge on any atom is -0.491 e. The Morgan fingerprint density at radius 3 is 2.58 bits per heavy atom. The van der Waals surface area contributed by atoms with Crippen molar-refractivity contribution in [3.8, 4) is 5.75 Å². The van der Waals surface area contributed by atoms with Crippen molar-refractivity contribution in [3.05, 3.63) is 59.4 Å².